The predicted molar refractivity (Wildman–Crippen MR) is 144 cm³/mol. The van der Waals surface area contributed by atoms with Gasteiger partial charge in [0.1, 0.15) is 5.75 Å². The van der Waals surface area contributed by atoms with Gasteiger partial charge in [-0.15, -0.1) is 0 Å². The number of nitrogens with two attached hydrogens (primary N) is 1. The molecule has 1 heterocycles. The van der Waals surface area contributed by atoms with E-state index in [1.165, 1.54) is 0 Å². The van der Waals surface area contributed by atoms with Gasteiger partial charge in [-0.1, -0.05) is 78.3 Å². The second-order valence-corrected chi connectivity index (χ2v) is 10.7. The summed E-state index contributed by atoms with van der Waals surface area (Å²) in [5, 5.41) is 10.2. The van der Waals surface area contributed by atoms with Crippen LogP contribution in [0.3, 0.4) is 0 Å². The highest BCUT2D eigenvalue weighted by Crippen LogP contribution is 2.40. The smallest absolute Gasteiger partial charge is 0.232 e. The molecular formula is C30H35ClN2O3. The number of phenolic OH excluding ortho intramolecular Hbond substituents is 1. The van der Waals surface area contributed by atoms with Crippen LogP contribution >= 0.6 is 11.6 Å². The molecule has 3 aromatic rings. The fourth-order valence-corrected chi connectivity index (χ4v) is 5.35. The number of amides is 1. The van der Waals surface area contributed by atoms with Crippen molar-refractivity contribution in [1.82, 2.24) is 4.90 Å². The number of nitrogens with zero attached hydrogens (tertiary/aromatic N) is 1. The first-order valence-corrected chi connectivity index (χ1v) is 12.9. The largest absolute Gasteiger partial charge is 0.506 e. The number of benzene rings is 3. The van der Waals surface area contributed by atoms with E-state index in [-0.39, 0.29) is 23.3 Å². The molecule has 1 amide bonds. The summed E-state index contributed by atoms with van der Waals surface area (Å²) in [5.74, 6) is -0.258. The van der Waals surface area contributed by atoms with Gasteiger partial charge in [0.2, 0.25) is 5.91 Å². The van der Waals surface area contributed by atoms with Gasteiger partial charge in [-0.05, 0) is 61.9 Å². The van der Waals surface area contributed by atoms with E-state index < -0.39 is 5.41 Å². The molecule has 1 fully saturated rings. The molecule has 1 atom stereocenters. The minimum absolute atomic E-state index is 0.0710. The van der Waals surface area contributed by atoms with Gasteiger partial charge in [0.15, 0.2) is 0 Å². The summed E-state index contributed by atoms with van der Waals surface area (Å²) < 4.78 is 6.16. The molecule has 36 heavy (non-hydrogen) atoms. The van der Waals surface area contributed by atoms with Crippen molar-refractivity contribution in [2.75, 3.05) is 13.1 Å². The molecule has 0 spiro atoms. The molecule has 1 aliphatic rings. The average molecular weight is 507 g/mol. The fraction of sp³-hybridized carbons (Fsp3) is 0.367. The summed E-state index contributed by atoms with van der Waals surface area (Å²) in [6.45, 7) is 6.62. The van der Waals surface area contributed by atoms with E-state index in [0.717, 1.165) is 42.6 Å². The van der Waals surface area contributed by atoms with Crippen LogP contribution in [0, 0.1) is 0 Å². The Hall–Kier alpha value is -2.86. The molecule has 0 unspecified atom stereocenters. The summed E-state index contributed by atoms with van der Waals surface area (Å²) in [6.07, 6.45) is 2.43. The molecule has 0 radical (unpaired) electrons. The molecule has 1 saturated heterocycles. The van der Waals surface area contributed by atoms with Gasteiger partial charge in [0, 0.05) is 18.6 Å². The molecule has 190 valence electrons. The van der Waals surface area contributed by atoms with E-state index >= 15 is 0 Å². The van der Waals surface area contributed by atoms with Gasteiger partial charge >= 0.3 is 0 Å². The van der Waals surface area contributed by atoms with E-state index in [9.17, 15) is 9.90 Å². The molecule has 5 nitrogen and oxygen atoms in total. The van der Waals surface area contributed by atoms with Gasteiger partial charge in [-0.3, -0.25) is 9.69 Å². The van der Waals surface area contributed by atoms with Gasteiger partial charge in [0.25, 0.3) is 0 Å². The maximum Gasteiger partial charge on any atom is 0.232 e. The molecule has 0 bridgehead atoms. The van der Waals surface area contributed by atoms with E-state index in [4.69, 9.17) is 22.1 Å². The van der Waals surface area contributed by atoms with Gasteiger partial charge in [-0.25, -0.2) is 0 Å². The number of halogens is 1. The van der Waals surface area contributed by atoms with Crippen LogP contribution in [0.5, 0.6) is 5.75 Å². The number of carbonyl (C=O) groups is 1. The van der Waals surface area contributed by atoms with E-state index in [2.05, 4.69) is 18.7 Å². The number of phenols is 1. The number of hydrogen-bond donors (Lipinski definition) is 2. The number of likely N-dealkylation sites (tertiary alicyclic amines) is 1. The molecule has 1 aliphatic heterocycles. The lowest BCUT2D eigenvalue weighted by Gasteiger charge is -2.40. The summed E-state index contributed by atoms with van der Waals surface area (Å²) in [7, 11) is 0. The first-order valence-electron chi connectivity index (χ1n) is 12.5. The maximum absolute atomic E-state index is 13.1. The standard InChI is InChI=1S/C30H35ClN2O3/c1-29(2,33-18-15-25(20-33)36-21-22-13-14-26(31)27(34)19-22)16-17-30(28(32)35,23-9-5-3-6-10-23)24-11-7-4-8-12-24/h3-14,19,25,34H,15-18,20-21H2,1-2H3,(H2,32,35)/t25-/m1/s1. The Kier molecular flexibility index (Phi) is 8.04. The fourth-order valence-electron chi connectivity index (χ4n) is 5.24. The lowest BCUT2D eigenvalue weighted by Crippen LogP contribution is -2.47. The van der Waals surface area contributed by atoms with Crippen molar-refractivity contribution in [3.05, 3.63) is 101 Å². The van der Waals surface area contributed by atoms with Crippen LogP contribution in [0.1, 0.15) is 49.8 Å². The molecular weight excluding hydrogens is 472 g/mol. The Balaban J connectivity index is 1.46. The highest BCUT2D eigenvalue weighted by atomic mass is 35.5. The summed E-state index contributed by atoms with van der Waals surface area (Å²) in [5.41, 5.74) is 7.85. The monoisotopic (exact) mass is 506 g/mol. The maximum atomic E-state index is 13.1. The Morgan fingerprint density at radius 2 is 1.64 bits per heavy atom. The normalized spacial score (nSPS) is 16.8. The lowest BCUT2D eigenvalue weighted by molar-refractivity contribution is -0.122. The number of ether oxygens (including phenoxy) is 1. The topological polar surface area (TPSA) is 75.8 Å². The summed E-state index contributed by atoms with van der Waals surface area (Å²) in [6, 6.07) is 25.0. The van der Waals surface area contributed by atoms with E-state index in [0.29, 0.717) is 18.1 Å². The highest BCUT2D eigenvalue weighted by molar-refractivity contribution is 6.32. The Bertz CT molecular complexity index is 1130. The van der Waals surface area contributed by atoms with E-state index in [1.54, 1.807) is 12.1 Å². The zero-order valence-corrected chi connectivity index (χ0v) is 21.7. The van der Waals surface area contributed by atoms with Crippen LogP contribution in [0.4, 0.5) is 0 Å². The van der Waals surface area contributed by atoms with Crippen LogP contribution in [-0.2, 0) is 21.6 Å². The molecule has 3 N–H and O–H groups in total. The van der Waals surface area contributed by atoms with Crippen LogP contribution in [-0.4, -0.2) is 40.6 Å². The number of carbonyl (C=O) groups excluding carboxylic acids is 1. The van der Waals surface area contributed by atoms with Crippen LogP contribution in [0.2, 0.25) is 5.02 Å². The molecule has 3 aromatic carbocycles. The molecule has 0 aliphatic carbocycles. The van der Waals surface area contributed by atoms with Crippen molar-refractivity contribution in [2.24, 2.45) is 5.73 Å². The molecule has 0 saturated carbocycles. The third-order valence-corrected chi connectivity index (χ3v) is 7.88. The summed E-state index contributed by atoms with van der Waals surface area (Å²) >= 11 is 5.91. The second kappa shape index (κ2) is 11.0. The van der Waals surface area contributed by atoms with Gasteiger partial charge in [0.05, 0.1) is 23.1 Å². The Morgan fingerprint density at radius 3 is 2.19 bits per heavy atom. The second-order valence-electron chi connectivity index (χ2n) is 10.3. The number of primary amides is 1. The van der Waals surface area contributed by atoms with Crippen molar-refractivity contribution < 1.29 is 14.6 Å². The van der Waals surface area contributed by atoms with Crippen LogP contribution in [0.25, 0.3) is 0 Å². The van der Waals surface area contributed by atoms with E-state index in [1.807, 2.05) is 66.7 Å². The van der Waals surface area contributed by atoms with Crippen molar-refractivity contribution >= 4 is 17.5 Å². The Labute approximate surface area is 218 Å². The number of hydrogen-bond acceptors (Lipinski definition) is 4. The minimum Gasteiger partial charge on any atom is -0.506 e. The van der Waals surface area contributed by atoms with Crippen molar-refractivity contribution in [3.8, 4) is 5.75 Å². The number of aromatic hydroxyl groups is 1. The Morgan fingerprint density at radius 1 is 1.03 bits per heavy atom. The predicted octanol–water partition coefficient (Wildman–Crippen LogP) is 5.67. The first-order chi connectivity index (χ1) is 17.2. The van der Waals surface area contributed by atoms with Crippen molar-refractivity contribution in [1.29, 1.82) is 0 Å². The lowest BCUT2D eigenvalue weighted by atomic mass is 9.69. The van der Waals surface area contributed by atoms with Crippen LogP contribution < -0.4 is 5.73 Å². The van der Waals surface area contributed by atoms with Crippen molar-refractivity contribution in [2.45, 2.75) is 56.8 Å². The first kappa shape index (κ1) is 26.2. The van der Waals surface area contributed by atoms with Gasteiger partial charge in [-0.2, -0.15) is 0 Å². The van der Waals surface area contributed by atoms with Crippen molar-refractivity contribution in [3.63, 3.8) is 0 Å². The third-order valence-electron chi connectivity index (χ3n) is 7.56. The molecule has 4 rings (SSSR count). The van der Waals surface area contributed by atoms with Crippen LogP contribution in [0.15, 0.2) is 78.9 Å². The SMILES string of the molecule is CC(C)(CCC(C(N)=O)(c1ccccc1)c1ccccc1)N1CC[C@@H](OCc2ccc(Cl)c(O)c2)C1. The average Bonchev–Trinajstić information content (AvgIpc) is 3.36. The molecule has 6 heteroatoms. The van der Waals surface area contributed by atoms with Gasteiger partial charge < -0.3 is 15.6 Å². The zero-order chi connectivity index (χ0) is 25.8. The number of rotatable bonds is 10. The molecule has 0 aromatic heterocycles. The summed E-state index contributed by atoms with van der Waals surface area (Å²) in [4.78, 5) is 15.6. The highest BCUT2D eigenvalue weighted by Gasteiger charge is 2.43. The minimum atomic E-state index is -0.897. The zero-order valence-electron chi connectivity index (χ0n) is 21.0. The third kappa shape index (κ3) is 5.59. The quantitative estimate of drug-likeness (QED) is 0.371.